The highest BCUT2D eigenvalue weighted by Crippen LogP contribution is 2.39. The van der Waals surface area contributed by atoms with Gasteiger partial charge in [-0.2, -0.15) is 13.2 Å². The highest BCUT2D eigenvalue weighted by Gasteiger charge is 2.35. The van der Waals surface area contributed by atoms with Gasteiger partial charge in [0.05, 0.1) is 19.3 Å². The van der Waals surface area contributed by atoms with Gasteiger partial charge in [0.1, 0.15) is 15.8 Å². The van der Waals surface area contributed by atoms with E-state index < -0.39 is 11.7 Å². The van der Waals surface area contributed by atoms with Gasteiger partial charge in [-0.15, -0.1) is 10.2 Å². The molecule has 1 aromatic carbocycles. The highest BCUT2D eigenvalue weighted by atomic mass is 32.1. The van der Waals surface area contributed by atoms with Crippen LogP contribution in [0.5, 0.6) is 5.75 Å². The Hall–Kier alpha value is -1.67. The third-order valence-electron chi connectivity index (χ3n) is 2.36. The summed E-state index contributed by atoms with van der Waals surface area (Å²) in [7, 11) is 1.30. The summed E-state index contributed by atoms with van der Waals surface area (Å²) in [6, 6.07) is 3.61. The number of hydrogen-bond acceptors (Lipinski definition) is 5. The van der Waals surface area contributed by atoms with Crippen LogP contribution in [0.2, 0.25) is 0 Å². The molecule has 1 heterocycles. The largest absolute Gasteiger partial charge is 0.497 e. The molecule has 19 heavy (non-hydrogen) atoms. The van der Waals surface area contributed by atoms with Gasteiger partial charge in [0.25, 0.3) is 0 Å². The molecule has 0 amide bonds. The summed E-state index contributed by atoms with van der Waals surface area (Å²) < 4.78 is 43.8. The molecule has 0 radical (unpaired) electrons. The van der Waals surface area contributed by atoms with Crippen LogP contribution in [0.25, 0.3) is 10.6 Å². The van der Waals surface area contributed by atoms with Gasteiger partial charge in [-0.1, -0.05) is 11.3 Å². The zero-order valence-corrected chi connectivity index (χ0v) is 10.5. The molecule has 0 fully saturated rings. The summed E-state index contributed by atoms with van der Waals surface area (Å²) >= 11 is 0.917. The van der Waals surface area contributed by atoms with Gasteiger partial charge in [-0.3, -0.25) is 0 Å². The van der Waals surface area contributed by atoms with E-state index in [0.29, 0.717) is 0 Å². The fourth-order valence-corrected chi connectivity index (χ4v) is 2.24. The molecule has 4 nitrogen and oxygen atoms in total. The van der Waals surface area contributed by atoms with Crippen LogP contribution in [-0.2, 0) is 12.8 Å². The van der Waals surface area contributed by atoms with E-state index in [2.05, 4.69) is 10.2 Å². The van der Waals surface area contributed by atoms with Crippen molar-refractivity contribution in [3.63, 3.8) is 0 Å². The average molecular weight is 290 g/mol. The van der Waals surface area contributed by atoms with Crippen LogP contribution >= 0.6 is 11.3 Å². The third kappa shape index (κ3) is 2.85. The second kappa shape index (κ2) is 5.14. The van der Waals surface area contributed by atoms with Crippen molar-refractivity contribution in [2.75, 3.05) is 7.11 Å². The monoisotopic (exact) mass is 290 g/mol. The van der Waals surface area contributed by atoms with Gasteiger partial charge in [-0.05, 0) is 18.2 Å². The minimum Gasteiger partial charge on any atom is -0.497 e. The molecule has 2 rings (SSSR count). The maximum atomic E-state index is 13.0. The molecular formula is C11H9F3N2O2S. The predicted octanol–water partition coefficient (Wildman–Crippen LogP) is 2.72. The molecule has 0 aliphatic heterocycles. The Morgan fingerprint density at radius 3 is 2.58 bits per heavy atom. The molecule has 102 valence electrons. The molecule has 0 spiro atoms. The molecule has 0 saturated heterocycles. The van der Waals surface area contributed by atoms with Crippen molar-refractivity contribution in [2.24, 2.45) is 0 Å². The highest BCUT2D eigenvalue weighted by molar-refractivity contribution is 7.14. The Morgan fingerprint density at radius 2 is 2.05 bits per heavy atom. The van der Waals surface area contributed by atoms with Gasteiger partial charge >= 0.3 is 6.18 Å². The lowest BCUT2D eigenvalue weighted by Gasteiger charge is -2.12. The Labute approximate surface area is 110 Å². The lowest BCUT2D eigenvalue weighted by molar-refractivity contribution is -0.137. The molecule has 8 heteroatoms. The lowest BCUT2D eigenvalue weighted by Crippen LogP contribution is -2.07. The molecule has 2 aromatic rings. The topological polar surface area (TPSA) is 55.2 Å². The molecule has 0 bridgehead atoms. The first-order valence-electron chi connectivity index (χ1n) is 5.14. The number of benzene rings is 1. The molecule has 0 unspecified atom stereocenters. The summed E-state index contributed by atoms with van der Waals surface area (Å²) in [4.78, 5) is 0. The van der Waals surface area contributed by atoms with Crippen LogP contribution in [0.15, 0.2) is 18.2 Å². The summed E-state index contributed by atoms with van der Waals surface area (Å²) in [6.45, 7) is -0.352. The molecular weight excluding hydrogens is 281 g/mol. The van der Waals surface area contributed by atoms with Crippen molar-refractivity contribution < 1.29 is 23.0 Å². The Morgan fingerprint density at radius 1 is 1.32 bits per heavy atom. The van der Waals surface area contributed by atoms with Crippen LogP contribution in [0, 0.1) is 0 Å². The lowest BCUT2D eigenvalue weighted by atomic mass is 10.1. The fraction of sp³-hybridized carbons (Fsp3) is 0.273. The van der Waals surface area contributed by atoms with Crippen molar-refractivity contribution in [1.29, 1.82) is 0 Å². The van der Waals surface area contributed by atoms with E-state index in [0.717, 1.165) is 17.4 Å². The summed E-state index contributed by atoms with van der Waals surface area (Å²) in [5.74, 6) is 0.114. The number of methoxy groups -OCH3 is 1. The number of halogens is 3. The maximum Gasteiger partial charge on any atom is 0.417 e. The normalized spacial score (nSPS) is 11.6. The number of aliphatic hydroxyl groups excluding tert-OH is 1. The van der Waals surface area contributed by atoms with Crippen LogP contribution in [-0.4, -0.2) is 22.4 Å². The van der Waals surface area contributed by atoms with E-state index in [1.54, 1.807) is 0 Å². The van der Waals surface area contributed by atoms with E-state index in [-0.39, 0.29) is 27.9 Å². The number of aliphatic hydroxyl groups is 1. The van der Waals surface area contributed by atoms with Gasteiger partial charge < -0.3 is 9.84 Å². The first-order chi connectivity index (χ1) is 8.95. The molecule has 0 atom stereocenters. The predicted molar refractivity (Wildman–Crippen MR) is 62.8 cm³/mol. The number of aromatic nitrogens is 2. The molecule has 0 aliphatic carbocycles. The fourth-order valence-electron chi connectivity index (χ4n) is 1.50. The van der Waals surface area contributed by atoms with Crippen LogP contribution in [0.1, 0.15) is 10.6 Å². The number of hydrogen-bond donors (Lipinski definition) is 1. The maximum absolute atomic E-state index is 13.0. The summed E-state index contributed by atoms with van der Waals surface area (Å²) in [5.41, 5.74) is -0.919. The van der Waals surface area contributed by atoms with Crippen LogP contribution in [0.3, 0.4) is 0 Å². The number of rotatable bonds is 3. The molecule has 1 N–H and O–H groups in total. The smallest absolute Gasteiger partial charge is 0.417 e. The van der Waals surface area contributed by atoms with Crippen molar-refractivity contribution in [2.45, 2.75) is 12.8 Å². The van der Waals surface area contributed by atoms with E-state index in [4.69, 9.17) is 9.84 Å². The third-order valence-corrected chi connectivity index (χ3v) is 3.31. The second-order valence-corrected chi connectivity index (χ2v) is 4.63. The van der Waals surface area contributed by atoms with Gasteiger partial charge in [0.15, 0.2) is 0 Å². The second-order valence-electron chi connectivity index (χ2n) is 3.57. The van der Waals surface area contributed by atoms with Gasteiger partial charge in [-0.25, -0.2) is 0 Å². The summed E-state index contributed by atoms with van der Waals surface area (Å²) in [5, 5.41) is 16.5. The van der Waals surface area contributed by atoms with Crippen LogP contribution < -0.4 is 4.74 Å². The zero-order valence-electron chi connectivity index (χ0n) is 9.73. The molecule has 0 saturated carbocycles. The van der Waals surface area contributed by atoms with E-state index in [1.807, 2.05) is 0 Å². The zero-order chi connectivity index (χ0) is 14.0. The van der Waals surface area contributed by atoms with Gasteiger partial charge in [0, 0.05) is 5.56 Å². The number of ether oxygens (including phenoxy) is 1. The SMILES string of the molecule is COc1ccc(-c2nnc(CO)s2)c(C(F)(F)F)c1. The quantitative estimate of drug-likeness (QED) is 0.944. The Balaban J connectivity index is 2.55. The van der Waals surface area contributed by atoms with E-state index in [9.17, 15) is 13.2 Å². The Kier molecular flexibility index (Phi) is 3.72. The first-order valence-corrected chi connectivity index (χ1v) is 5.96. The Bertz CT molecular complexity index is 584. The minimum atomic E-state index is -4.52. The summed E-state index contributed by atoms with van der Waals surface area (Å²) in [6.07, 6.45) is -4.52. The van der Waals surface area contributed by atoms with E-state index in [1.165, 1.54) is 19.2 Å². The van der Waals surface area contributed by atoms with Crippen LogP contribution in [0.4, 0.5) is 13.2 Å². The number of alkyl halides is 3. The average Bonchev–Trinajstić information content (AvgIpc) is 2.85. The van der Waals surface area contributed by atoms with Gasteiger partial charge in [0.2, 0.25) is 0 Å². The minimum absolute atomic E-state index is 0.0782. The first kappa shape index (κ1) is 13.8. The number of nitrogens with zero attached hydrogens (tertiary/aromatic N) is 2. The van der Waals surface area contributed by atoms with E-state index >= 15 is 0 Å². The molecule has 1 aromatic heterocycles. The van der Waals surface area contributed by atoms with Crippen molar-refractivity contribution in [1.82, 2.24) is 10.2 Å². The molecule has 0 aliphatic rings. The van der Waals surface area contributed by atoms with Crippen molar-refractivity contribution in [3.05, 3.63) is 28.8 Å². The standard InChI is InChI=1S/C11H9F3N2O2S/c1-18-6-2-3-7(8(4-6)11(12,13)14)10-16-15-9(5-17)19-10/h2-4,17H,5H2,1H3. The van der Waals surface area contributed by atoms with Crippen molar-refractivity contribution in [3.8, 4) is 16.3 Å². The van der Waals surface area contributed by atoms with Crippen molar-refractivity contribution >= 4 is 11.3 Å².